The summed E-state index contributed by atoms with van der Waals surface area (Å²) in [6.45, 7) is 3.26. The first-order valence-corrected chi connectivity index (χ1v) is 5.63. The van der Waals surface area contributed by atoms with Crippen molar-refractivity contribution in [2.45, 2.75) is 30.4 Å². The van der Waals surface area contributed by atoms with E-state index in [1.165, 1.54) is 6.42 Å². The number of carbonyl (C=O) groups excluding carboxylic acids is 1. The fourth-order valence-corrected chi connectivity index (χ4v) is 2.57. The van der Waals surface area contributed by atoms with Crippen molar-refractivity contribution in [1.82, 2.24) is 10.2 Å². The summed E-state index contributed by atoms with van der Waals surface area (Å²) >= 11 is 1.87. The molecule has 0 radical (unpaired) electrons. The lowest BCUT2D eigenvalue weighted by atomic mass is 10.3. The third kappa shape index (κ3) is 3.56. The molecule has 1 aliphatic rings. The lowest BCUT2D eigenvalue weighted by Crippen LogP contribution is -2.38. The van der Waals surface area contributed by atoms with Crippen molar-refractivity contribution in [2.24, 2.45) is 0 Å². The Kier molecular flexibility index (Phi) is 4.06. The first-order chi connectivity index (χ1) is 6.09. The number of amides is 1. The van der Waals surface area contributed by atoms with Crippen LogP contribution in [0, 0.1) is 0 Å². The number of nitrogens with one attached hydrogen (secondary N) is 1. The Bertz CT molecular complexity index is 184. The molecular formula is C9H18N2OS. The van der Waals surface area contributed by atoms with E-state index in [1.54, 1.807) is 19.0 Å². The van der Waals surface area contributed by atoms with Crippen LogP contribution in [0.1, 0.15) is 19.8 Å². The highest BCUT2D eigenvalue weighted by atomic mass is 32.2. The van der Waals surface area contributed by atoms with Gasteiger partial charge >= 0.3 is 0 Å². The van der Waals surface area contributed by atoms with E-state index in [2.05, 4.69) is 12.2 Å². The molecule has 4 heteroatoms. The number of carbonyl (C=O) groups is 1. The summed E-state index contributed by atoms with van der Waals surface area (Å²) in [5.74, 6) is 0.208. The van der Waals surface area contributed by atoms with Crippen molar-refractivity contribution >= 4 is 17.7 Å². The molecule has 2 unspecified atom stereocenters. The molecule has 1 saturated heterocycles. The molecule has 0 aromatic carbocycles. The Balaban J connectivity index is 2.31. The monoisotopic (exact) mass is 202 g/mol. The van der Waals surface area contributed by atoms with E-state index in [9.17, 15) is 4.79 Å². The number of rotatable bonds is 2. The maximum Gasteiger partial charge on any atom is 0.224 e. The maximum atomic E-state index is 11.4. The normalized spacial score (nSPS) is 28.5. The summed E-state index contributed by atoms with van der Waals surface area (Å²) in [5.41, 5.74) is 0. The Labute approximate surface area is 84.2 Å². The van der Waals surface area contributed by atoms with Gasteiger partial charge in [-0.1, -0.05) is 6.92 Å². The van der Waals surface area contributed by atoms with Gasteiger partial charge in [0, 0.05) is 19.3 Å². The second kappa shape index (κ2) is 4.86. The van der Waals surface area contributed by atoms with Gasteiger partial charge in [-0.15, -0.1) is 11.8 Å². The first-order valence-electron chi connectivity index (χ1n) is 4.68. The van der Waals surface area contributed by atoms with Crippen LogP contribution in [0.15, 0.2) is 0 Å². The zero-order valence-electron chi connectivity index (χ0n) is 8.54. The summed E-state index contributed by atoms with van der Waals surface area (Å²) in [7, 11) is 3.61. The number of hydrogen-bond acceptors (Lipinski definition) is 3. The number of thioether (sulfide) groups is 1. The Morgan fingerprint density at radius 3 is 2.85 bits per heavy atom. The molecule has 1 heterocycles. The van der Waals surface area contributed by atoms with E-state index in [0.717, 1.165) is 6.54 Å². The molecule has 0 aromatic rings. The predicted octanol–water partition coefficient (Wildman–Crippen LogP) is 0.906. The average Bonchev–Trinajstić information content (AvgIpc) is 2.04. The van der Waals surface area contributed by atoms with Gasteiger partial charge in [0.25, 0.3) is 0 Å². The zero-order valence-corrected chi connectivity index (χ0v) is 9.36. The molecule has 2 atom stereocenters. The lowest BCUT2D eigenvalue weighted by molar-refractivity contribution is -0.128. The standard InChI is InChI=1S/C9H18N2OS/c1-7-4-5-10-8(13-7)6-9(12)11(2)3/h7-8,10H,4-6H2,1-3H3. The fraction of sp³-hybridized carbons (Fsp3) is 0.889. The number of nitrogens with zero attached hydrogens (tertiary/aromatic N) is 1. The minimum absolute atomic E-state index is 0.208. The highest BCUT2D eigenvalue weighted by molar-refractivity contribution is 8.00. The molecule has 1 amide bonds. The number of hydrogen-bond donors (Lipinski definition) is 1. The largest absolute Gasteiger partial charge is 0.349 e. The van der Waals surface area contributed by atoms with Gasteiger partial charge in [0.1, 0.15) is 0 Å². The molecule has 0 bridgehead atoms. The minimum atomic E-state index is 0.208. The van der Waals surface area contributed by atoms with E-state index >= 15 is 0 Å². The highest BCUT2D eigenvalue weighted by Crippen LogP contribution is 2.24. The van der Waals surface area contributed by atoms with Gasteiger partial charge < -0.3 is 10.2 Å². The Hall–Kier alpha value is -0.220. The van der Waals surface area contributed by atoms with Gasteiger partial charge in [-0.2, -0.15) is 0 Å². The van der Waals surface area contributed by atoms with Gasteiger partial charge in [0.15, 0.2) is 0 Å². The van der Waals surface area contributed by atoms with Crippen LogP contribution in [0.4, 0.5) is 0 Å². The molecule has 1 rings (SSSR count). The zero-order chi connectivity index (χ0) is 9.84. The van der Waals surface area contributed by atoms with Crippen LogP contribution in [-0.4, -0.2) is 42.1 Å². The summed E-state index contributed by atoms with van der Waals surface area (Å²) in [5, 5.41) is 4.35. The maximum absolute atomic E-state index is 11.4. The lowest BCUT2D eigenvalue weighted by Gasteiger charge is -2.28. The molecule has 3 nitrogen and oxygen atoms in total. The SMILES string of the molecule is CC1CCNC(CC(=O)N(C)C)S1. The smallest absolute Gasteiger partial charge is 0.224 e. The van der Waals surface area contributed by atoms with Gasteiger partial charge in [-0.25, -0.2) is 0 Å². The van der Waals surface area contributed by atoms with Gasteiger partial charge in [-0.05, 0) is 13.0 Å². The molecule has 76 valence electrons. The van der Waals surface area contributed by atoms with E-state index in [-0.39, 0.29) is 5.91 Å². The van der Waals surface area contributed by atoms with E-state index in [4.69, 9.17) is 0 Å². The second-order valence-electron chi connectivity index (χ2n) is 3.67. The highest BCUT2D eigenvalue weighted by Gasteiger charge is 2.21. The predicted molar refractivity (Wildman–Crippen MR) is 56.8 cm³/mol. The van der Waals surface area contributed by atoms with E-state index in [0.29, 0.717) is 17.0 Å². The molecule has 0 aliphatic carbocycles. The van der Waals surface area contributed by atoms with Gasteiger partial charge in [0.2, 0.25) is 5.91 Å². The molecule has 1 fully saturated rings. The minimum Gasteiger partial charge on any atom is -0.349 e. The van der Waals surface area contributed by atoms with Crippen molar-refractivity contribution < 1.29 is 4.79 Å². The van der Waals surface area contributed by atoms with Crippen molar-refractivity contribution in [1.29, 1.82) is 0 Å². The van der Waals surface area contributed by atoms with Crippen molar-refractivity contribution in [3.05, 3.63) is 0 Å². The molecule has 0 spiro atoms. The van der Waals surface area contributed by atoms with Crippen LogP contribution in [0.3, 0.4) is 0 Å². The van der Waals surface area contributed by atoms with Crippen molar-refractivity contribution in [3.8, 4) is 0 Å². The van der Waals surface area contributed by atoms with Crippen LogP contribution in [0.5, 0.6) is 0 Å². The summed E-state index contributed by atoms with van der Waals surface area (Å²) in [6, 6.07) is 0. The molecule has 0 aromatic heterocycles. The summed E-state index contributed by atoms with van der Waals surface area (Å²) < 4.78 is 0. The summed E-state index contributed by atoms with van der Waals surface area (Å²) in [4.78, 5) is 13.0. The third-order valence-electron chi connectivity index (χ3n) is 2.18. The molecule has 1 aliphatic heterocycles. The second-order valence-corrected chi connectivity index (χ2v) is 5.32. The molecule has 0 saturated carbocycles. The van der Waals surface area contributed by atoms with Crippen LogP contribution in [0.2, 0.25) is 0 Å². The topological polar surface area (TPSA) is 32.3 Å². The molecular weight excluding hydrogens is 184 g/mol. The fourth-order valence-electron chi connectivity index (χ4n) is 1.31. The van der Waals surface area contributed by atoms with Crippen molar-refractivity contribution in [3.63, 3.8) is 0 Å². The van der Waals surface area contributed by atoms with Crippen molar-refractivity contribution in [2.75, 3.05) is 20.6 Å². The van der Waals surface area contributed by atoms with Crippen LogP contribution < -0.4 is 5.32 Å². The summed E-state index contributed by atoms with van der Waals surface area (Å²) in [6.07, 6.45) is 1.82. The Morgan fingerprint density at radius 1 is 1.62 bits per heavy atom. The molecule has 1 N–H and O–H groups in total. The average molecular weight is 202 g/mol. The molecule has 13 heavy (non-hydrogen) atoms. The third-order valence-corrected chi connectivity index (χ3v) is 3.54. The van der Waals surface area contributed by atoms with Gasteiger partial charge in [0.05, 0.1) is 11.8 Å². The van der Waals surface area contributed by atoms with Crippen LogP contribution >= 0.6 is 11.8 Å². The van der Waals surface area contributed by atoms with Gasteiger partial charge in [-0.3, -0.25) is 4.79 Å². The quantitative estimate of drug-likeness (QED) is 0.722. The van der Waals surface area contributed by atoms with Crippen LogP contribution in [0.25, 0.3) is 0 Å². The first kappa shape index (κ1) is 10.9. The van der Waals surface area contributed by atoms with E-state index < -0.39 is 0 Å². The Morgan fingerprint density at radius 2 is 2.31 bits per heavy atom. The van der Waals surface area contributed by atoms with Crippen LogP contribution in [-0.2, 0) is 4.79 Å². The van der Waals surface area contributed by atoms with E-state index in [1.807, 2.05) is 11.8 Å².